The third-order valence-electron chi connectivity index (χ3n) is 2.44. The van der Waals surface area contributed by atoms with Crippen molar-refractivity contribution < 1.29 is 13.2 Å². The van der Waals surface area contributed by atoms with E-state index in [2.05, 4.69) is 17.0 Å². The summed E-state index contributed by atoms with van der Waals surface area (Å²) in [6.45, 7) is 5.87. The van der Waals surface area contributed by atoms with Gasteiger partial charge in [-0.1, -0.05) is 6.92 Å². The van der Waals surface area contributed by atoms with Crippen molar-refractivity contribution in [3.63, 3.8) is 0 Å². The first-order chi connectivity index (χ1) is 8.99. The number of sulfonamides is 1. The molecule has 0 saturated heterocycles. The monoisotopic (exact) mass is 306 g/mol. The van der Waals surface area contributed by atoms with Gasteiger partial charge in [0.1, 0.15) is 0 Å². The van der Waals surface area contributed by atoms with E-state index in [0.717, 1.165) is 17.8 Å². The van der Waals surface area contributed by atoms with E-state index < -0.39 is 10.0 Å². The molecule has 0 aliphatic rings. The molecule has 0 radical (unpaired) electrons. The molecule has 2 N–H and O–H groups in total. The van der Waals surface area contributed by atoms with Gasteiger partial charge in [-0.25, -0.2) is 13.1 Å². The number of hydrogen-bond acceptors (Lipinski definition) is 5. The number of ether oxygens (including phenoxy) is 1. The van der Waals surface area contributed by atoms with Crippen LogP contribution < -0.4 is 10.0 Å². The van der Waals surface area contributed by atoms with Crippen LogP contribution in [0.25, 0.3) is 0 Å². The lowest BCUT2D eigenvalue weighted by atomic mass is 10.4. The molecule has 0 aliphatic heterocycles. The van der Waals surface area contributed by atoms with Crippen LogP contribution in [0.4, 0.5) is 0 Å². The fraction of sp³-hybridized carbons (Fsp3) is 0.667. The minimum Gasteiger partial charge on any atom is -0.383 e. The van der Waals surface area contributed by atoms with Gasteiger partial charge in [0, 0.05) is 30.0 Å². The summed E-state index contributed by atoms with van der Waals surface area (Å²) in [7, 11) is -1.89. The van der Waals surface area contributed by atoms with Crippen LogP contribution in [0.5, 0.6) is 0 Å². The summed E-state index contributed by atoms with van der Waals surface area (Å²) >= 11 is 1.45. The van der Waals surface area contributed by atoms with Crippen molar-refractivity contribution in [3.8, 4) is 0 Å². The molecule has 1 rings (SSSR count). The van der Waals surface area contributed by atoms with Gasteiger partial charge in [0.05, 0.1) is 11.5 Å². The number of rotatable bonds is 9. The van der Waals surface area contributed by atoms with E-state index in [1.165, 1.54) is 11.3 Å². The van der Waals surface area contributed by atoms with Crippen LogP contribution in [0.2, 0.25) is 0 Å². The third kappa shape index (κ3) is 5.58. The SMILES string of the molecule is CCCNCc1cc(S(=O)(=O)NC(C)COC)cs1. The van der Waals surface area contributed by atoms with Crippen molar-refractivity contribution in [3.05, 3.63) is 16.3 Å². The van der Waals surface area contributed by atoms with E-state index in [4.69, 9.17) is 4.74 Å². The van der Waals surface area contributed by atoms with Crippen molar-refractivity contribution in [2.75, 3.05) is 20.3 Å². The van der Waals surface area contributed by atoms with E-state index in [1.807, 2.05) is 0 Å². The Labute approximate surface area is 119 Å². The molecule has 7 heteroatoms. The Morgan fingerprint density at radius 3 is 2.84 bits per heavy atom. The largest absolute Gasteiger partial charge is 0.383 e. The first-order valence-corrected chi connectivity index (χ1v) is 8.65. The highest BCUT2D eigenvalue weighted by molar-refractivity contribution is 7.89. The fourth-order valence-electron chi connectivity index (χ4n) is 1.60. The summed E-state index contributed by atoms with van der Waals surface area (Å²) in [6.07, 6.45) is 1.06. The molecule has 0 fully saturated rings. The summed E-state index contributed by atoms with van der Waals surface area (Å²) in [5.74, 6) is 0. The zero-order valence-corrected chi connectivity index (χ0v) is 13.2. The molecule has 1 heterocycles. The van der Waals surface area contributed by atoms with Crippen molar-refractivity contribution in [2.45, 2.75) is 37.8 Å². The molecule has 0 saturated carbocycles. The Kier molecular flexibility index (Phi) is 6.95. The van der Waals surface area contributed by atoms with E-state index >= 15 is 0 Å². The summed E-state index contributed by atoms with van der Waals surface area (Å²) in [6, 6.07) is 1.48. The van der Waals surface area contributed by atoms with Crippen molar-refractivity contribution in [1.82, 2.24) is 10.0 Å². The number of thiophene rings is 1. The van der Waals surface area contributed by atoms with E-state index in [9.17, 15) is 8.42 Å². The Morgan fingerprint density at radius 2 is 2.21 bits per heavy atom. The standard InChI is InChI=1S/C12H22N2O3S2/c1-4-5-13-7-11-6-12(9-18-11)19(15,16)14-10(2)8-17-3/h6,9-10,13-14H,4-5,7-8H2,1-3H3. The Morgan fingerprint density at radius 1 is 1.47 bits per heavy atom. The predicted molar refractivity (Wildman–Crippen MR) is 78.0 cm³/mol. The number of methoxy groups -OCH3 is 1. The minimum atomic E-state index is -3.44. The van der Waals surface area contributed by atoms with Crippen LogP contribution in [0.15, 0.2) is 16.3 Å². The molecule has 110 valence electrons. The molecule has 1 unspecified atom stereocenters. The second-order valence-corrected chi connectivity index (χ2v) is 7.11. The van der Waals surface area contributed by atoms with Crippen LogP contribution >= 0.6 is 11.3 Å². The maximum atomic E-state index is 12.1. The molecule has 19 heavy (non-hydrogen) atoms. The Balaban J connectivity index is 2.63. The van der Waals surface area contributed by atoms with Crippen LogP contribution in [0.3, 0.4) is 0 Å². The zero-order valence-electron chi connectivity index (χ0n) is 11.6. The first-order valence-electron chi connectivity index (χ1n) is 6.29. The average Bonchev–Trinajstić information content (AvgIpc) is 2.78. The van der Waals surface area contributed by atoms with Crippen molar-refractivity contribution in [2.24, 2.45) is 0 Å². The highest BCUT2D eigenvalue weighted by Gasteiger charge is 2.18. The van der Waals surface area contributed by atoms with Gasteiger partial charge in [-0.15, -0.1) is 11.3 Å². The minimum absolute atomic E-state index is 0.239. The number of nitrogens with one attached hydrogen (secondary N) is 2. The van der Waals surface area contributed by atoms with Crippen LogP contribution in [0.1, 0.15) is 25.1 Å². The molecule has 0 bridgehead atoms. The Hall–Kier alpha value is -0.470. The zero-order chi connectivity index (χ0) is 14.3. The summed E-state index contributed by atoms with van der Waals surface area (Å²) in [4.78, 5) is 1.35. The normalized spacial score (nSPS) is 13.6. The van der Waals surface area contributed by atoms with Gasteiger partial charge >= 0.3 is 0 Å². The summed E-state index contributed by atoms with van der Waals surface area (Å²) in [5, 5.41) is 4.92. The van der Waals surface area contributed by atoms with Gasteiger partial charge in [-0.3, -0.25) is 0 Å². The molecule has 0 aromatic carbocycles. The lowest BCUT2D eigenvalue weighted by Gasteiger charge is -2.12. The predicted octanol–water partition coefficient (Wildman–Crippen LogP) is 1.56. The highest BCUT2D eigenvalue weighted by atomic mass is 32.2. The Bertz CT molecular complexity index is 471. The van der Waals surface area contributed by atoms with E-state index in [0.29, 0.717) is 18.0 Å². The van der Waals surface area contributed by atoms with Gasteiger partial charge in [-0.05, 0) is 26.0 Å². The lowest BCUT2D eigenvalue weighted by Crippen LogP contribution is -2.35. The van der Waals surface area contributed by atoms with Crippen molar-refractivity contribution in [1.29, 1.82) is 0 Å². The second kappa shape index (κ2) is 7.96. The van der Waals surface area contributed by atoms with Crippen LogP contribution in [-0.2, 0) is 21.3 Å². The summed E-state index contributed by atoms with van der Waals surface area (Å²) in [5.41, 5.74) is 0. The molecular formula is C12H22N2O3S2. The molecule has 1 aromatic heterocycles. The van der Waals surface area contributed by atoms with Gasteiger partial charge in [0.2, 0.25) is 10.0 Å². The van der Waals surface area contributed by atoms with E-state index in [1.54, 1.807) is 25.5 Å². The number of hydrogen-bond donors (Lipinski definition) is 2. The maximum Gasteiger partial charge on any atom is 0.241 e. The topological polar surface area (TPSA) is 67.4 Å². The molecular weight excluding hydrogens is 284 g/mol. The van der Waals surface area contributed by atoms with Gasteiger partial charge in [0.15, 0.2) is 0 Å². The van der Waals surface area contributed by atoms with Gasteiger partial charge in [-0.2, -0.15) is 0 Å². The third-order valence-corrected chi connectivity index (χ3v) is 5.09. The maximum absolute atomic E-state index is 12.1. The fourth-order valence-corrected chi connectivity index (χ4v) is 4.07. The lowest BCUT2D eigenvalue weighted by molar-refractivity contribution is 0.180. The van der Waals surface area contributed by atoms with Crippen LogP contribution in [0, 0.1) is 0 Å². The molecule has 1 atom stereocenters. The molecule has 1 aromatic rings. The average molecular weight is 306 g/mol. The quantitative estimate of drug-likeness (QED) is 0.680. The molecule has 5 nitrogen and oxygen atoms in total. The van der Waals surface area contributed by atoms with Gasteiger partial charge < -0.3 is 10.1 Å². The van der Waals surface area contributed by atoms with Crippen LogP contribution in [-0.4, -0.2) is 34.7 Å². The smallest absolute Gasteiger partial charge is 0.241 e. The van der Waals surface area contributed by atoms with Gasteiger partial charge in [0.25, 0.3) is 0 Å². The highest BCUT2D eigenvalue weighted by Crippen LogP contribution is 2.19. The second-order valence-electron chi connectivity index (χ2n) is 4.40. The first kappa shape index (κ1) is 16.6. The van der Waals surface area contributed by atoms with E-state index in [-0.39, 0.29) is 6.04 Å². The molecule has 0 spiro atoms. The van der Waals surface area contributed by atoms with Crippen molar-refractivity contribution >= 4 is 21.4 Å². The molecule has 0 aliphatic carbocycles. The molecule has 0 amide bonds. The summed E-state index contributed by atoms with van der Waals surface area (Å²) < 4.78 is 31.7.